The van der Waals surface area contributed by atoms with Crippen LogP contribution in [0.5, 0.6) is 0 Å². The van der Waals surface area contributed by atoms with Crippen LogP contribution in [0.2, 0.25) is 0 Å². The lowest BCUT2D eigenvalue weighted by atomic mass is 9.77. The second-order valence-corrected chi connectivity index (χ2v) is 5.47. The van der Waals surface area contributed by atoms with E-state index in [4.69, 9.17) is 0 Å². The fraction of sp³-hybridized carbons (Fsp3) is 0.562. The van der Waals surface area contributed by atoms with Gasteiger partial charge in [0.15, 0.2) is 5.78 Å². The van der Waals surface area contributed by atoms with Crippen LogP contribution in [-0.4, -0.2) is 5.78 Å². The summed E-state index contributed by atoms with van der Waals surface area (Å²) in [4.78, 5) is 12.3. The lowest BCUT2D eigenvalue weighted by molar-refractivity contribution is 0.0867. The average Bonchev–Trinajstić information content (AvgIpc) is 2.38. The number of rotatable bonds is 3. The molecular formula is C16H21FO. The van der Waals surface area contributed by atoms with Crippen LogP contribution in [0.15, 0.2) is 18.2 Å². The van der Waals surface area contributed by atoms with Crippen LogP contribution in [0.1, 0.15) is 54.9 Å². The zero-order valence-electron chi connectivity index (χ0n) is 11.2. The average molecular weight is 248 g/mol. The quantitative estimate of drug-likeness (QED) is 0.718. The number of carbonyl (C=O) groups is 1. The second kappa shape index (κ2) is 5.64. The Kier molecular flexibility index (Phi) is 4.15. The van der Waals surface area contributed by atoms with Crippen molar-refractivity contribution in [3.8, 4) is 0 Å². The maximum atomic E-state index is 13.8. The molecule has 1 aromatic rings. The van der Waals surface area contributed by atoms with Gasteiger partial charge in [-0.25, -0.2) is 4.39 Å². The summed E-state index contributed by atoms with van der Waals surface area (Å²) >= 11 is 0. The largest absolute Gasteiger partial charge is 0.294 e. The monoisotopic (exact) mass is 248 g/mol. The molecule has 0 N–H and O–H groups in total. The van der Waals surface area contributed by atoms with Crippen LogP contribution in [0, 0.1) is 24.6 Å². The van der Waals surface area contributed by atoms with E-state index < -0.39 is 0 Å². The van der Waals surface area contributed by atoms with E-state index in [1.54, 1.807) is 6.07 Å². The van der Waals surface area contributed by atoms with Crippen LogP contribution in [0.25, 0.3) is 0 Å². The van der Waals surface area contributed by atoms with Crippen molar-refractivity contribution in [2.75, 3.05) is 0 Å². The fourth-order valence-electron chi connectivity index (χ4n) is 2.87. The summed E-state index contributed by atoms with van der Waals surface area (Å²) in [6, 6.07) is 4.90. The molecule has 0 radical (unpaired) electrons. The Labute approximate surface area is 108 Å². The van der Waals surface area contributed by atoms with Gasteiger partial charge in [0, 0.05) is 5.92 Å². The molecule has 0 aliphatic heterocycles. The number of Topliss-reactive ketones (excluding diaryl/α,β-unsaturated/α-hetero) is 1. The molecule has 2 heteroatoms. The SMILES string of the molecule is CCC1CCC(C(=O)c2ccc(C)cc2F)CC1. The molecule has 0 amide bonds. The third-order valence-corrected chi connectivity index (χ3v) is 4.18. The number of hydrogen-bond acceptors (Lipinski definition) is 1. The summed E-state index contributed by atoms with van der Waals surface area (Å²) in [5.74, 6) is 0.432. The number of halogens is 1. The van der Waals surface area contributed by atoms with Crippen molar-refractivity contribution in [1.29, 1.82) is 0 Å². The van der Waals surface area contributed by atoms with E-state index in [1.807, 2.05) is 13.0 Å². The normalized spacial score (nSPS) is 23.9. The van der Waals surface area contributed by atoms with Gasteiger partial charge in [-0.1, -0.05) is 19.4 Å². The van der Waals surface area contributed by atoms with Crippen molar-refractivity contribution < 1.29 is 9.18 Å². The predicted molar refractivity (Wildman–Crippen MR) is 71.2 cm³/mol. The second-order valence-electron chi connectivity index (χ2n) is 5.47. The third kappa shape index (κ3) is 2.80. The van der Waals surface area contributed by atoms with Crippen molar-refractivity contribution in [3.63, 3.8) is 0 Å². The molecule has 0 aromatic heterocycles. The molecule has 18 heavy (non-hydrogen) atoms. The lowest BCUT2D eigenvalue weighted by Gasteiger charge is -2.26. The summed E-state index contributed by atoms with van der Waals surface area (Å²) in [7, 11) is 0. The molecule has 0 heterocycles. The first-order chi connectivity index (χ1) is 8.61. The first-order valence-electron chi connectivity index (χ1n) is 6.92. The molecule has 1 saturated carbocycles. The van der Waals surface area contributed by atoms with Gasteiger partial charge in [-0.05, 0) is 56.2 Å². The third-order valence-electron chi connectivity index (χ3n) is 4.18. The van der Waals surface area contributed by atoms with Crippen molar-refractivity contribution >= 4 is 5.78 Å². The highest BCUT2D eigenvalue weighted by Crippen LogP contribution is 2.33. The van der Waals surface area contributed by atoms with Gasteiger partial charge in [-0.3, -0.25) is 4.79 Å². The summed E-state index contributed by atoms with van der Waals surface area (Å²) in [5.41, 5.74) is 1.14. The van der Waals surface area contributed by atoms with E-state index >= 15 is 0 Å². The summed E-state index contributed by atoms with van der Waals surface area (Å²) in [5, 5.41) is 0. The van der Waals surface area contributed by atoms with E-state index in [1.165, 1.54) is 12.5 Å². The maximum absolute atomic E-state index is 13.8. The Balaban J connectivity index is 2.08. The molecule has 1 fully saturated rings. The zero-order chi connectivity index (χ0) is 13.1. The molecule has 0 saturated heterocycles. The van der Waals surface area contributed by atoms with Crippen LogP contribution in [0.4, 0.5) is 4.39 Å². The van der Waals surface area contributed by atoms with Gasteiger partial charge in [0.05, 0.1) is 5.56 Å². The minimum absolute atomic E-state index is 0.00190. The van der Waals surface area contributed by atoms with Gasteiger partial charge in [-0.2, -0.15) is 0 Å². The molecule has 1 aromatic carbocycles. The predicted octanol–water partition coefficient (Wildman–Crippen LogP) is 4.53. The Bertz CT molecular complexity index is 431. The van der Waals surface area contributed by atoms with Gasteiger partial charge in [0.1, 0.15) is 5.82 Å². The number of benzene rings is 1. The number of aryl methyl sites for hydroxylation is 1. The number of hydrogen-bond donors (Lipinski definition) is 0. The molecule has 1 aliphatic rings. The van der Waals surface area contributed by atoms with Gasteiger partial charge >= 0.3 is 0 Å². The Hall–Kier alpha value is -1.18. The zero-order valence-corrected chi connectivity index (χ0v) is 11.2. The summed E-state index contributed by atoms with van der Waals surface area (Å²) in [6.45, 7) is 4.04. The number of ketones is 1. The highest BCUT2D eigenvalue weighted by Gasteiger charge is 2.27. The van der Waals surface area contributed by atoms with Crippen molar-refractivity contribution in [2.45, 2.75) is 46.0 Å². The summed E-state index contributed by atoms with van der Waals surface area (Å²) in [6.07, 6.45) is 5.26. The molecule has 98 valence electrons. The Morgan fingerprint density at radius 3 is 2.50 bits per heavy atom. The first kappa shape index (κ1) is 13.3. The molecule has 0 unspecified atom stereocenters. The fourth-order valence-corrected chi connectivity index (χ4v) is 2.87. The minimum Gasteiger partial charge on any atom is -0.294 e. The molecule has 2 rings (SSSR count). The van der Waals surface area contributed by atoms with Gasteiger partial charge in [0.2, 0.25) is 0 Å². The van der Waals surface area contributed by atoms with Crippen molar-refractivity contribution in [1.82, 2.24) is 0 Å². The van der Waals surface area contributed by atoms with Crippen LogP contribution in [0.3, 0.4) is 0 Å². The molecule has 0 atom stereocenters. The van der Waals surface area contributed by atoms with E-state index in [2.05, 4.69) is 6.92 Å². The van der Waals surface area contributed by atoms with E-state index in [0.717, 1.165) is 37.2 Å². The Morgan fingerprint density at radius 1 is 1.28 bits per heavy atom. The van der Waals surface area contributed by atoms with Gasteiger partial charge < -0.3 is 0 Å². The standard InChI is InChI=1S/C16H21FO/c1-3-12-5-7-13(8-6-12)16(18)14-9-4-11(2)10-15(14)17/h4,9-10,12-13H,3,5-8H2,1-2H3. The van der Waals surface area contributed by atoms with Crippen LogP contribution < -0.4 is 0 Å². The first-order valence-corrected chi connectivity index (χ1v) is 6.92. The van der Waals surface area contributed by atoms with Crippen LogP contribution >= 0.6 is 0 Å². The smallest absolute Gasteiger partial charge is 0.168 e. The number of carbonyl (C=O) groups excluding carboxylic acids is 1. The van der Waals surface area contributed by atoms with E-state index in [0.29, 0.717) is 0 Å². The topological polar surface area (TPSA) is 17.1 Å². The van der Waals surface area contributed by atoms with E-state index in [9.17, 15) is 9.18 Å². The van der Waals surface area contributed by atoms with E-state index in [-0.39, 0.29) is 23.1 Å². The molecular weight excluding hydrogens is 227 g/mol. The molecule has 1 nitrogen and oxygen atoms in total. The highest BCUT2D eigenvalue weighted by molar-refractivity contribution is 5.98. The highest BCUT2D eigenvalue weighted by atomic mass is 19.1. The minimum atomic E-state index is -0.363. The van der Waals surface area contributed by atoms with Crippen molar-refractivity contribution in [3.05, 3.63) is 35.1 Å². The summed E-state index contributed by atoms with van der Waals surface area (Å²) < 4.78 is 13.8. The van der Waals surface area contributed by atoms with Crippen LogP contribution in [-0.2, 0) is 0 Å². The molecule has 0 spiro atoms. The van der Waals surface area contributed by atoms with Crippen molar-refractivity contribution in [2.24, 2.45) is 11.8 Å². The van der Waals surface area contributed by atoms with Gasteiger partial charge in [0.25, 0.3) is 0 Å². The lowest BCUT2D eigenvalue weighted by Crippen LogP contribution is -2.22. The molecule has 0 bridgehead atoms. The maximum Gasteiger partial charge on any atom is 0.168 e. The molecule has 1 aliphatic carbocycles. The van der Waals surface area contributed by atoms with Gasteiger partial charge in [-0.15, -0.1) is 0 Å². The Morgan fingerprint density at radius 2 is 1.94 bits per heavy atom.